The fourth-order valence-electron chi connectivity index (χ4n) is 3.52. The minimum absolute atomic E-state index is 0.678. The van der Waals surface area contributed by atoms with Crippen LogP contribution < -0.4 is 5.32 Å². The first-order valence-corrected chi connectivity index (χ1v) is 8.33. The highest BCUT2D eigenvalue weighted by Gasteiger charge is 2.31. The second-order valence-corrected chi connectivity index (χ2v) is 6.56. The summed E-state index contributed by atoms with van der Waals surface area (Å²) in [5, 5.41) is 4.96. The highest BCUT2D eigenvalue weighted by atomic mass is 16.3. The summed E-state index contributed by atoms with van der Waals surface area (Å²) in [7, 11) is 0. The normalized spacial score (nSPS) is 23.0. The van der Waals surface area contributed by atoms with Crippen molar-refractivity contribution in [2.75, 3.05) is 13.1 Å². The molecule has 1 aromatic carbocycles. The molecule has 2 heterocycles. The van der Waals surface area contributed by atoms with Gasteiger partial charge in [-0.15, -0.1) is 0 Å². The molecule has 0 amide bonds. The van der Waals surface area contributed by atoms with Gasteiger partial charge in [0.2, 0.25) is 0 Å². The molecule has 21 heavy (non-hydrogen) atoms. The molecule has 2 aliphatic rings. The van der Waals surface area contributed by atoms with Gasteiger partial charge in [-0.2, -0.15) is 0 Å². The zero-order chi connectivity index (χ0) is 14.1. The van der Waals surface area contributed by atoms with Crippen LogP contribution in [-0.2, 0) is 6.54 Å². The van der Waals surface area contributed by atoms with Crippen LogP contribution in [0.2, 0.25) is 0 Å². The molecule has 2 aromatic rings. The van der Waals surface area contributed by atoms with E-state index >= 15 is 0 Å². The van der Waals surface area contributed by atoms with Crippen LogP contribution in [0.4, 0.5) is 0 Å². The van der Waals surface area contributed by atoms with Crippen molar-refractivity contribution >= 4 is 11.0 Å². The van der Waals surface area contributed by atoms with Crippen LogP contribution in [0.5, 0.6) is 0 Å². The summed E-state index contributed by atoms with van der Waals surface area (Å²) in [6.45, 7) is 3.40. The summed E-state index contributed by atoms with van der Waals surface area (Å²) in [5.41, 5.74) is 2.35. The predicted octanol–water partition coefficient (Wildman–Crippen LogP) is 3.54. The molecule has 0 radical (unpaired) electrons. The van der Waals surface area contributed by atoms with E-state index in [1.165, 1.54) is 56.1 Å². The van der Waals surface area contributed by atoms with Crippen LogP contribution in [0.15, 0.2) is 34.9 Å². The molecule has 3 heteroatoms. The first kappa shape index (κ1) is 13.4. The highest BCUT2D eigenvalue weighted by molar-refractivity contribution is 5.80. The van der Waals surface area contributed by atoms with Gasteiger partial charge in [-0.25, -0.2) is 0 Å². The van der Waals surface area contributed by atoms with Crippen LogP contribution in [0.3, 0.4) is 0 Å². The lowest BCUT2D eigenvalue weighted by atomic mass is 10.0. The SMILES string of the molecule is c1ccc2c(CN(CC3CCCCN3)C3CC3)coc2c1. The number of para-hydroxylation sites is 1. The van der Waals surface area contributed by atoms with Gasteiger partial charge < -0.3 is 9.73 Å². The van der Waals surface area contributed by atoms with Gasteiger partial charge in [0.1, 0.15) is 5.58 Å². The number of fused-ring (bicyclic) bond motifs is 1. The molecule has 4 rings (SSSR count). The van der Waals surface area contributed by atoms with Crippen LogP contribution in [0, 0.1) is 0 Å². The Morgan fingerprint density at radius 3 is 2.86 bits per heavy atom. The highest BCUT2D eigenvalue weighted by Crippen LogP contribution is 2.31. The fourth-order valence-corrected chi connectivity index (χ4v) is 3.52. The number of benzene rings is 1. The maximum Gasteiger partial charge on any atom is 0.134 e. The molecule has 1 N–H and O–H groups in total. The quantitative estimate of drug-likeness (QED) is 0.910. The Morgan fingerprint density at radius 2 is 2.05 bits per heavy atom. The number of hydrogen-bond acceptors (Lipinski definition) is 3. The van der Waals surface area contributed by atoms with Gasteiger partial charge in [0.05, 0.1) is 6.26 Å². The van der Waals surface area contributed by atoms with E-state index in [4.69, 9.17) is 4.42 Å². The van der Waals surface area contributed by atoms with E-state index in [9.17, 15) is 0 Å². The Morgan fingerprint density at radius 1 is 1.14 bits per heavy atom. The number of piperidine rings is 1. The molecular weight excluding hydrogens is 260 g/mol. The van der Waals surface area contributed by atoms with Gasteiger partial charge in [0.25, 0.3) is 0 Å². The second kappa shape index (κ2) is 5.82. The Hall–Kier alpha value is -1.32. The molecule has 1 aromatic heterocycles. The first-order chi connectivity index (χ1) is 10.4. The molecule has 1 unspecified atom stereocenters. The van der Waals surface area contributed by atoms with Crippen molar-refractivity contribution < 1.29 is 4.42 Å². The average molecular weight is 284 g/mol. The molecule has 1 aliphatic heterocycles. The summed E-state index contributed by atoms with van der Waals surface area (Å²) in [4.78, 5) is 2.67. The van der Waals surface area contributed by atoms with Crippen molar-refractivity contribution in [1.82, 2.24) is 10.2 Å². The number of rotatable bonds is 5. The third-order valence-electron chi connectivity index (χ3n) is 4.87. The lowest BCUT2D eigenvalue weighted by Gasteiger charge is -2.30. The molecule has 112 valence electrons. The van der Waals surface area contributed by atoms with E-state index in [2.05, 4.69) is 28.4 Å². The van der Waals surface area contributed by atoms with Gasteiger partial charge in [-0.1, -0.05) is 24.6 Å². The number of hydrogen-bond donors (Lipinski definition) is 1. The molecule has 1 atom stereocenters. The standard InChI is InChI=1S/C18H24N2O/c1-2-7-18-17(6-1)14(13-21-18)11-20(16-8-9-16)12-15-5-3-4-10-19-15/h1-2,6-7,13,15-16,19H,3-5,8-12H2. The van der Waals surface area contributed by atoms with E-state index < -0.39 is 0 Å². The summed E-state index contributed by atoms with van der Waals surface area (Å²) < 4.78 is 5.70. The maximum absolute atomic E-state index is 5.70. The monoisotopic (exact) mass is 284 g/mol. The lowest BCUT2D eigenvalue weighted by Crippen LogP contribution is -2.44. The molecule has 1 saturated carbocycles. The zero-order valence-electron chi connectivity index (χ0n) is 12.6. The zero-order valence-corrected chi connectivity index (χ0v) is 12.6. The van der Waals surface area contributed by atoms with Crippen molar-refractivity contribution in [2.45, 2.75) is 50.7 Å². The Bertz CT molecular complexity index is 596. The summed E-state index contributed by atoms with van der Waals surface area (Å²) in [5.74, 6) is 0. The van der Waals surface area contributed by atoms with Crippen molar-refractivity contribution in [1.29, 1.82) is 0 Å². The largest absolute Gasteiger partial charge is 0.464 e. The van der Waals surface area contributed by atoms with Crippen molar-refractivity contribution in [2.24, 2.45) is 0 Å². The molecule has 0 bridgehead atoms. The Kier molecular flexibility index (Phi) is 3.70. The molecular formula is C18H24N2O. The summed E-state index contributed by atoms with van der Waals surface area (Å²) in [6.07, 6.45) is 8.73. The second-order valence-electron chi connectivity index (χ2n) is 6.56. The first-order valence-electron chi connectivity index (χ1n) is 8.33. The van der Waals surface area contributed by atoms with Gasteiger partial charge in [-0.3, -0.25) is 4.90 Å². The van der Waals surface area contributed by atoms with E-state index in [0.717, 1.165) is 18.2 Å². The number of nitrogens with one attached hydrogen (secondary N) is 1. The minimum Gasteiger partial charge on any atom is -0.464 e. The van der Waals surface area contributed by atoms with Crippen LogP contribution >= 0.6 is 0 Å². The average Bonchev–Trinajstić information content (AvgIpc) is 3.30. The molecule has 1 saturated heterocycles. The van der Waals surface area contributed by atoms with E-state index in [-0.39, 0.29) is 0 Å². The number of nitrogens with zero attached hydrogens (tertiary/aromatic N) is 1. The third-order valence-corrected chi connectivity index (χ3v) is 4.87. The Labute approximate surface area is 126 Å². The van der Waals surface area contributed by atoms with Crippen LogP contribution in [0.1, 0.15) is 37.7 Å². The van der Waals surface area contributed by atoms with Gasteiger partial charge in [0.15, 0.2) is 0 Å². The summed E-state index contributed by atoms with van der Waals surface area (Å²) >= 11 is 0. The van der Waals surface area contributed by atoms with Crippen LogP contribution in [-0.4, -0.2) is 30.1 Å². The fraction of sp³-hybridized carbons (Fsp3) is 0.556. The van der Waals surface area contributed by atoms with Gasteiger partial charge in [0, 0.05) is 36.1 Å². The Balaban J connectivity index is 1.49. The lowest BCUT2D eigenvalue weighted by molar-refractivity contribution is 0.208. The van der Waals surface area contributed by atoms with E-state index in [1.54, 1.807) is 0 Å². The molecule has 1 aliphatic carbocycles. The van der Waals surface area contributed by atoms with E-state index in [0.29, 0.717) is 6.04 Å². The van der Waals surface area contributed by atoms with Gasteiger partial charge >= 0.3 is 0 Å². The third kappa shape index (κ3) is 2.99. The number of furan rings is 1. The van der Waals surface area contributed by atoms with Crippen molar-refractivity contribution in [3.8, 4) is 0 Å². The molecule has 0 spiro atoms. The van der Waals surface area contributed by atoms with Crippen molar-refractivity contribution in [3.63, 3.8) is 0 Å². The van der Waals surface area contributed by atoms with Crippen LogP contribution in [0.25, 0.3) is 11.0 Å². The molecule has 2 fully saturated rings. The summed E-state index contributed by atoms with van der Waals surface area (Å²) in [6, 6.07) is 9.85. The van der Waals surface area contributed by atoms with E-state index in [1.807, 2.05) is 12.3 Å². The van der Waals surface area contributed by atoms with Crippen molar-refractivity contribution in [3.05, 3.63) is 36.1 Å². The predicted molar refractivity (Wildman–Crippen MR) is 85.3 cm³/mol. The topological polar surface area (TPSA) is 28.4 Å². The smallest absolute Gasteiger partial charge is 0.134 e. The maximum atomic E-state index is 5.70. The minimum atomic E-state index is 0.678. The van der Waals surface area contributed by atoms with Gasteiger partial charge in [-0.05, 0) is 38.3 Å². The molecule has 3 nitrogen and oxygen atoms in total.